The lowest BCUT2D eigenvalue weighted by atomic mass is 10.1. The second-order valence-electron chi connectivity index (χ2n) is 12.4. The van der Waals surface area contributed by atoms with Crippen LogP contribution in [0.4, 0.5) is 5.69 Å². The summed E-state index contributed by atoms with van der Waals surface area (Å²) in [5.74, 6) is 0.225. The zero-order valence-corrected chi connectivity index (χ0v) is 29.7. The van der Waals surface area contributed by atoms with Gasteiger partial charge in [-0.1, -0.05) is 66.7 Å². The van der Waals surface area contributed by atoms with E-state index in [1.54, 1.807) is 48.5 Å². The van der Waals surface area contributed by atoms with Crippen LogP contribution in [0.2, 0.25) is 0 Å². The molecule has 270 valence electrons. The summed E-state index contributed by atoms with van der Waals surface area (Å²) in [4.78, 5) is 52.5. The van der Waals surface area contributed by atoms with Crippen molar-refractivity contribution in [3.8, 4) is 39.8 Å². The number of hydrogen-bond acceptors (Lipinski definition) is 8. The molecule has 2 aromatic heterocycles. The molecule has 7 rings (SSSR count). The monoisotopic (exact) mass is 721 g/mol. The predicted molar refractivity (Wildman–Crippen MR) is 207 cm³/mol. The van der Waals surface area contributed by atoms with Gasteiger partial charge in [0.1, 0.15) is 5.76 Å². The number of anilines is 1. The van der Waals surface area contributed by atoms with Crippen molar-refractivity contribution in [2.45, 2.75) is 6.54 Å². The van der Waals surface area contributed by atoms with Crippen LogP contribution < -0.4 is 35.7 Å². The summed E-state index contributed by atoms with van der Waals surface area (Å²) in [6, 6.07) is 35.1. The number of aryl methyl sites for hydroxylation is 1. The molecule has 5 aromatic carbocycles. The second-order valence-corrected chi connectivity index (χ2v) is 12.4. The quantitative estimate of drug-likeness (QED) is 0.147. The predicted octanol–water partition coefficient (Wildman–Crippen LogP) is 6.94. The number of rotatable bonds is 11. The van der Waals surface area contributed by atoms with E-state index in [1.165, 1.54) is 32.4 Å². The maximum atomic E-state index is 13.2. The highest BCUT2D eigenvalue weighted by Crippen LogP contribution is 2.36. The first-order chi connectivity index (χ1) is 26.2. The lowest BCUT2D eigenvalue weighted by Crippen LogP contribution is -2.28. The molecule has 11 heteroatoms. The van der Waals surface area contributed by atoms with Crippen LogP contribution in [0.15, 0.2) is 135 Å². The van der Waals surface area contributed by atoms with Crippen LogP contribution in [0.1, 0.15) is 15.9 Å². The third-order valence-electron chi connectivity index (χ3n) is 8.99. The largest absolute Gasteiger partial charge is 0.492 e. The van der Waals surface area contributed by atoms with E-state index in [-0.39, 0.29) is 52.1 Å². The van der Waals surface area contributed by atoms with E-state index in [4.69, 9.17) is 18.6 Å². The van der Waals surface area contributed by atoms with Crippen molar-refractivity contribution < 1.29 is 28.2 Å². The number of carbonyl (C=O) groups excluding carboxylic acids is 2. The van der Waals surface area contributed by atoms with Crippen LogP contribution in [0.5, 0.6) is 17.2 Å². The summed E-state index contributed by atoms with van der Waals surface area (Å²) in [5.41, 5.74) is 3.92. The fraction of sp³-hybridized carbons (Fsp3) is 0.116. The summed E-state index contributed by atoms with van der Waals surface area (Å²) < 4.78 is 25.3. The molecular weight excluding hydrogens is 686 g/mol. The van der Waals surface area contributed by atoms with E-state index >= 15 is 0 Å². The molecule has 0 unspecified atom stereocenters. The van der Waals surface area contributed by atoms with Gasteiger partial charge in [-0.15, -0.1) is 0 Å². The Balaban J connectivity index is 1.08. The van der Waals surface area contributed by atoms with E-state index in [9.17, 15) is 19.2 Å². The van der Waals surface area contributed by atoms with Crippen molar-refractivity contribution in [2.24, 2.45) is 7.05 Å². The first-order valence-electron chi connectivity index (χ1n) is 17.0. The average Bonchev–Trinajstić information content (AvgIpc) is 3.20. The van der Waals surface area contributed by atoms with E-state index < -0.39 is 11.8 Å². The molecule has 0 aliphatic rings. The lowest BCUT2D eigenvalue weighted by Gasteiger charge is -2.18. The molecule has 2 amide bonds. The Labute approximate surface area is 309 Å². The molecule has 0 radical (unpaired) electrons. The van der Waals surface area contributed by atoms with Gasteiger partial charge in [-0.3, -0.25) is 19.2 Å². The number of aromatic nitrogens is 1. The SMILES string of the molecule is COc1c(C(=O)Nc2ccccc2)ccc2c(=O)cc(-c3cccc(CNC(=O)COc4ccc5c(=O)cc(-c6ccccc6)n(C)c5c4OC)c3)oc12. The Kier molecular flexibility index (Phi) is 9.94. The number of amides is 2. The molecule has 0 fully saturated rings. The molecule has 11 nitrogen and oxygen atoms in total. The van der Waals surface area contributed by atoms with Gasteiger partial charge in [-0.05, 0) is 53.6 Å². The van der Waals surface area contributed by atoms with Crippen molar-refractivity contribution >= 4 is 39.4 Å². The Morgan fingerprint density at radius 3 is 2.15 bits per heavy atom. The zero-order chi connectivity index (χ0) is 37.8. The Morgan fingerprint density at radius 2 is 1.41 bits per heavy atom. The number of hydrogen-bond donors (Lipinski definition) is 2. The summed E-state index contributed by atoms with van der Waals surface area (Å²) in [6.45, 7) is -0.155. The molecule has 7 aromatic rings. The van der Waals surface area contributed by atoms with Crippen molar-refractivity contribution in [1.82, 2.24) is 9.88 Å². The fourth-order valence-electron chi connectivity index (χ4n) is 6.37. The first kappa shape index (κ1) is 35.3. The number of para-hydroxylation sites is 1. The van der Waals surface area contributed by atoms with Crippen molar-refractivity contribution in [1.29, 1.82) is 0 Å². The molecule has 0 saturated carbocycles. The topological polar surface area (TPSA) is 138 Å². The molecule has 0 spiro atoms. The normalized spacial score (nSPS) is 10.9. The van der Waals surface area contributed by atoms with Gasteiger partial charge in [-0.2, -0.15) is 0 Å². The fourth-order valence-corrected chi connectivity index (χ4v) is 6.37. The van der Waals surface area contributed by atoms with Crippen LogP contribution in [0, 0.1) is 0 Å². The van der Waals surface area contributed by atoms with E-state index in [0.29, 0.717) is 39.3 Å². The number of nitrogens with one attached hydrogen (secondary N) is 2. The molecular formula is C43H35N3O8. The Bertz CT molecular complexity index is 2650. The van der Waals surface area contributed by atoms with Crippen LogP contribution in [0.25, 0.3) is 44.5 Å². The summed E-state index contributed by atoms with van der Waals surface area (Å²) >= 11 is 0. The number of carbonyl (C=O) groups is 2. The van der Waals surface area contributed by atoms with Gasteiger partial charge in [0.25, 0.3) is 11.8 Å². The number of ether oxygens (including phenoxy) is 3. The van der Waals surface area contributed by atoms with Gasteiger partial charge in [0.15, 0.2) is 40.3 Å². The van der Waals surface area contributed by atoms with Gasteiger partial charge in [0, 0.05) is 42.4 Å². The van der Waals surface area contributed by atoms with Gasteiger partial charge < -0.3 is 33.8 Å². The minimum atomic E-state index is -0.420. The number of methoxy groups -OCH3 is 2. The van der Waals surface area contributed by atoms with Crippen LogP contribution >= 0.6 is 0 Å². The number of fused-ring (bicyclic) bond motifs is 2. The maximum Gasteiger partial charge on any atom is 0.259 e. The summed E-state index contributed by atoms with van der Waals surface area (Å²) in [5, 5.41) is 6.41. The van der Waals surface area contributed by atoms with E-state index in [1.807, 2.05) is 66.2 Å². The minimum absolute atomic E-state index is 0.130. The highest BCUT2D eigenvalue weighted by Gasteiger charge is 2.21. The Hall–Kier alpha value is -7.14. The lowest BCUT2D eigenvalue weighted by molar-refractivity contribution is -0.123. The third kappa shape index (κ3) is 7.02. The van der Waals surface area contributed by atoms with E-state index in [0.717, 1.165) is 11.1 Å². The van der Waals surface area contributed by atoms with Crippen molar-refractivity contribution in [3.63, 3.8) is 0 Å². The maximum absolute atomic E-state index is 13.2. The van der Waals surface area contributed by atoms with Crippen LogP contribution in [-0.2, 0) is 18.4 Å². The number of benzene rings is 5. The number of nitrogens with zero attached hydrogens (tertiary/aromatic N) is 1. The number of pyridine rings is 1. The summed E-state index contributed by atoms with van der Waals surface area (Å²) in [7, 11) is 4.75. The highest BCUT2D eigenvalue weighted by molar-refractivity contribution is 6.09. The Morgan fingerprint density at radius 1 is 0.722 bits per heavy atom. The van der Waals surface area contributed by atoms with E-state index in [2.05, 4.69) is 10.6 Å². The molecule has 2 heterocycles. The van der Waals surface area contributed by atoms with Crippen molar-refractivity contribution in [2.75, 3.05) is 26.1 Å². The average molecular weight is 722 g/mol. The molecule has 0 aliphatic heterocycles. The molecule has 0 aliphatic carbocycles. The first-order valence-corrected chi connectivity index (χ1v) is 17.0. The molecule has 0 bridgehead atoms. The standard InChI is InChI=1S/C43H35N3O8/c1-46-33(27-12-6-4-7-13-27)22-34(47)30-19-20-36(42(52-3)39(30)46)53-25-38(49)44-24-26-11-10-14-28(21-26)37-23-35(48)31-17-18-32(40(51-2)41(31)54-37)43(50)45-29-15-8-5-9-16-29/h4-23H,24-25H2,1-3H3,(H,44,49)(H,45,50). The highest BCUT2D eigenvalue weighted by atomic mass is 16.5. The van der Waals surface area contributed by atoms with Gasteiger partial charge in [0.05, 0.1) is 36.4 Å². The minimum Gasteiger partial charge on any atom is -0.492 e. The summed E-state index contributed by atoms with van der Waals surface area (Å²) in [6.07, 6.45) is 0. The molecule has 2 N–H and O–H groups in total. The smallest absolute Gasteiger partial charge is 0.259 e. The van der Waals surface area contributed by atoms with Crippen LogP contribution in [0.3, 0.4) is 0 Å². The van der Waals surface area contributed by atoms with Crippen molar-refractivity contribution in [3.05, 3.63) is 153 Å². The third-order valence-corrected chi connectivity index (χ3v) is 8.99. The van der Waals surface area contributed by atoms with Crippen LogP contribution in [-0.4, -0.2) is 37.2 Å². The second kappa shape index (κ2) is 15.2. The van der Waals surface area contributed by atoms with Gasteiger partial charge in [0.2, 0.25) is 0 Å². The van der Waals surface area contributed by atoms with Gasteiger partial charge in [-0.25, -0.2) is 0 Å². The van der Waals surface area contributed by atoms with Gasteiger partial charge >= 0.3 is 0 Å². The molecule has 0 saturated heterocycles. The zero-order valence-electron chi connectivity index (χ0n) is 29.7. The molecule has 0 atom stereocenters. The molecule has 54 heavy (non-hydrogen) atoms.